The predicted molar refractivity (Wildman–Crippen MR) is 112 cm³/mol. The quantitative estimate of drug-likeness (QED) is 0.452. The predicted octanol–water partition coefficient (Wildman–Crippen LogP) is 2.22. The summed E-state index contributed by atoms with van der Waals surface area (Å²) in [6.07, 6.45) is 0. The number of thioether (sulfide) groups is 1. The summed E-state index contributed by atoms with van der Waals surface area (Å²) in [6.45, 7) is 1.93. The zero-order chi connectivity index (χ0) is 20.1. The number of aryl methyl sites for hydroxylation is 1. The molecule has 0 aliphatic heterocycles. The second-order valence-corrected chi connectivity index (χ2v) is 8.00. The summed E-state index contributed by atoms with van der Waals surface area (Å²) >= 11 is 2.69. The lowest BCUT2D eigenvalue weighted by molar-refractivity contribution is -0.131. The van der Waals surface area contributed by atoms with Crippen LogP contribution in [-0.2, 0) is 9.59 Å². The van der Waals surface area contributed by atoms with Crippen LogP contribution in [0.15, 0.2) is 46.9 Å². The van der Waals surface area contributed by atoms with Crippen molar-refractivity contribution in [3.05, 3.63) is 47.3 Å². The Kier molecular flexibility index (Phi) is 6.32. The van der Waals surface area contributed by atoms with Gasteiger partial charge >= 0.3 is 0 Å². The maximum absolute atomic E-state index is 12.3. The van der Waals surface area contributed by atoms with E-state index in [0.29, 0.717) is 16.7 Å². The van der Waals surface area contributed by atoms with Crippen molar-refractivity contribution in [3.63, 3.8) is 0 Å². The third-order valence-electron chi connectivity index (χ3n) is 3.87. The van der Waals surface area contributed by atoms with E-state index in [1.807, 2.05) is 48.7 Å². The molecular formula is C18H20N6O2S2. The van der Waals surface area contributed by atoms with Gasteiger partial charge in [-0.25, -0.2) is 4.68 Å². The average Bonchev–Trinajstić information content (AvgIpc) is 3.31. The lowest BCUT2D eigenvalue weighted by atomic mass is 10.2. The normalized spacial score (nSPS) is 10.6. The Labute approximate surface area is 170 Å². The van der Waals surface area contributed by atoms with Crippen LogP contribution in [0.25, 0.3) is 10.7 Å². The minimum absolute atomic E-state index is 0.0387. The number of likely N-dealkylation sites (N-methyl/N-ethyl adjacent to an activating group) is 1. The third kappa shape index (κ3) is 4.90. The van der Waals surface area contributed by atoms with Crippen LogP contribution in [0, 0.1) is 6.92 Å². The van der Waals surface area contributed by atoms with Crippen LogP contribution < -0.4 is 11.2 Å². The van der Waals surface area contributed by atoms with Gasteiger partial charge in [-0.1, -0.05) is 35.5 Å². The van der Waals surface area contributed by atoms with Gasteiger partial charge in [-0.3, -0.25) is 9.59 Å². The monoisotopic (exact) mass is 416 g/mol. The van der Waals surface area contributed by atoms with Crippen molar-refractivity contribution in [2.45, 2.75) is 12.1 Å². The van der Waals surface area contributed by atoms with Gasteiger partial charge in [-0.2, -0.15) is 0 Å². The summed E-state index contributed by atoms with van der Waals surface area (Å²) in [4.78, 5) is 26.7. The van der Waals surface area contributed by atoms with Crippen LogP contribution >= 0.6 is 23.1 Å². The van der Waals surface area contributed by atoms with Gasteiger partial charge in [0.1, 0.15) is 0 Å². The number of hydrogen-bond donors (Lipinski definition) is 2. The van der Waals surface area contributed by atoms with Crippen LogP contribution in [0.4, 0.5) is 5.69 Å². The fraction of sp³-hybridized carbons (Fsp3) is 0.222. The van der Waals surface area contributed by atoms with Gasteiger partial charge in [0.25, 0.3) is 0 Å². The second kappa shape index (κ2) is 8.89. The minimum atomic E-state index is -0.258. The molecule has 28 heavy (non-hydrogen) atoms. The number of rotatable bonds is 7. The van der Waals surface area contributed by atoms with Crippen molar-refractivity contribution in [2.24, 2.45) is 0 Å². The number of amides is 2. The molecule has 0 bridgehead atoms. The molecule has 0 saturated carbocycles. The Morgan fingerprint density at radius 3 is 2.68 bits per heavy atom. The molecule has 146 valence electrons. The van der Waals surface area contributed by atoms with Gasteiger partial charge in [0.05, 0.1) is 17.2 Å². The number of carbonyl (C=O) groups excluding carboxylic acids is 2. The zero-order valence-electron chi connectivity index (χ0n) is 15.5. The Morgan fingerprint density at radius 1 is 1.25 bits per heavy atom. The number of nitrogens with one attached hydrogen (secondary N) is 1. The Bertz CT molecular complexity index is 953. The van der Waals surface area contributed by atoms with Gasteiger partial charge in [0.2, 0.25) is 17.0 Å². The van der Waals surface area contributed by atoms with E-state index in [9.17, 15) is 9.59 Å². The van der Waals surface area contributed by atoms with Gasteiger partial charge in [0, 0.05) is 12.7 Å². The van der Waals surface area contributed by atoms with Gasteiger partial charge in [0.15, 0.2) is 5.82 Å². The van der Waals surface area contributed by atoms with Crippen molar-refractivity contribution in [1.29, 1.82) is 0 Å². The lowest BCUT2D eigenvalue weighted by Gasteiger charge is -2.16. The summed E-state index contributed by atoms with van der Waals surface area (Å²) in [5.74, 6) is 6.22. The maximum Gasteiger partial charge on any atom is 0.243 e. The summed E-state index contributed by atoms with van der Waals surface area (Å²) in [7, 11) is 1.59. The van der Waals surface area contributed by atoms with Crippen LogP contribution in [0.2, 0.25) is 0 Å². The highest BCUT2D eigenvalue weighted by molar-refractivity contribution is 7.99. The fourth-order valence-electron chi connectivity index (χ4n) is 2.33. The van der Waals surface area contributed by atoms with Gasteiger partial charge in [-0.15, -0.1) is 21.5 Å². The molecule has 0 atom stereocenters. The third-order valence-corrected chi connectivity index (χ3v) is 5.67. The van der Waals surface area contributed by atoms with Crippen molar-refractivity contribution < 1.29 is 9.59 Å². The SMILES string of the molecule is Cc1ccc(NC(=O)CN(C)C(=O)CSc2nnc(-c3cccs3)n2N)cc1. The van der Waals surface area contributed by atoms with Crippen molar-refractivity contribution >= 4 is 40.6 Å². The van der Waals surface area contributed by atoms with Crippen LogP contribution in [0.3, 0.4) is 0 Å². The topological polar surface area (TPSA) is 106 Å². The van der Waals surface area contributed by atoms with E-state index in [1.54, 1.807) is 7.05 Å². The summed E-state index contributed by atoms with van der Waals surface area (Å²) < 4.78 is 1.37. The first-order valence-corrected chi connectivity index (χ1v) is 10.3. The van der Waals surface area contributed by atoms with Crippen molar-refractivity contribution in [2.75, 3.05) is 30.5 Å². The molecule has 0 saturated heterocycles. The number of nitrogens with two attached hydrogens (primary N) is 1. The summed E-state index contributed by atoms with van der Waals surface area (Å²) in [5, 5.41) is 13.2. The number of nitrogens with zero attached hydrogens (tertiary/aromatic N) is 4. The number of aromatic nitrogens is 3. The van der Waals surface area contributed by atoms with E-state index in [0.717, 1.165) is 10.4 Å². The molecule has 0 aliphatic rings. The van der Waals surface area contributed by atoms with E-state index in [4.69, 9.17) is 5.84 Å². The van der Waals surface area contributed by atoms with E-state index >= 15 is 0 Å². The zero-order valence-corrected chi connectivity index (χ0v) is 17.1. The minimum Gasteiger partial charge on any atom is -0.336 e. The number of thiophene rings is 1. The molecule has 3 aromatic rings. The molecule has 3 N–H and O–H groups in total. The average molecular weight is 417 g/mol. The molecular weight excluding hydrogens is 396 g/mol. The van der Waals surface area contributed by atoms with E-state index in [1.165, 1.54) is 32.7 Å². The number of benzene rings is 1. The fourth-order valence-corrected chi connectivity index (χ4v) is 3.83. The molecule has 8 nitrogen and oxygen atoms in total. The lowest BCUT2D eigenvalue weighted by Crippen LogP contribution is -2.36. The molecule has 0 radical (unpaired) electrons. The van der Waals surface area contributed by atoms with E-state index in [-0.39, 0.29) is 24.1 Å². The highest BCUT2D eigenvalue weighted by atomic mass is 32.2. The van der Waals surface area contributed by atoms with Gasteiger partial charge in [-0.05, 0) is 30.5 Å². The molecule has 0 spiro atoms. The highest BCUT2D eigenvalue weighted by Gasteiger charge is 2.17. The Morgan fingerprint density at radius 2 is 2.00 bits per heavy atom. The molecule has 2 aromatic heterocycles. The molecule has 0 aliphatic carbocycles. The number of nitrogen functional groups attached to an aromatic ring is 1. The molecule has 1 aromatic carbocycles. The number of anilines is 1. The molecule has 0 fully saturated rings. The number of hydrogen-bond acceptors (Lipinski definition) is 7. The molecule has 10 heteroatoms. The maximum atomic E-state index is 12.3. The van der Waals surface area contributed by atoms with Crippen LogP contribution in [-0.4, -0.2) is 50.9 Å². The standard InChI is InChI=1S/C18H20N6O2S2/c1-12-5-7-13(8-6-12)20-15(25)10-23(2)16(26)11-28-18-22-21-17(24(18)19)14-4-3-9-27-14/h3-9H,10-11,19H2,1-2H3,(H,20,25). The first-order valence-electron chi connectivity index (χ1n) is 8.41. The van der Waals surface area contributed by atoms with Crippen LogP contribution in [0.5, 0.6) is 0 Å². The molecule has 2 heterocycles. The first kappa shape index (κ1) is 19.9. The number of carbonyl (C=O) groups is 2. The molecule has 3 rings (SSSR count). The van der Waals surface area contributed by atoms with Crippen molar-refractivity contribution in [3.8, 4) is 10.7 Å². The largest absolute Gasteiger partial charge is 0.336 e. The van der Waals surface area contributed by atoms with Crippen molar-refractivity contribution in [1.82, 2.24) is 19.8 Å². The van der Waals surface area contributed by atoms with E-state index < -0.39 is 0 Å². The highest BCUT2D eigenvalue weighted by Crippen LogP contribution is 2.25. The smallest absolute Gasteiger partial charge is 0.243 e. The van der Waals surface area contributed by atoms with E-state index in [2.05, 4.69) is 15.5 Å². The molecule has 0 unspecified atom stereocenters. The first-order chi connectivity index (χ1) is 13.4. The second-order valence-electron chi connectivity index (χ2n) is 6.11. The summed E-state index contributed by atoms with van der Waals surface area (Å²) in [5.41, 5.74) is 1.81. The van der Waals surface area contributed by atoms with Gasteiger partial charge < -0.3 is 16.1 Å². The Balaban J connectivity index is 1.50. The summed E-state index contributed by atoms with van der Waals surface area (Å²) in [6, 6.07) is 11.3. The van der Waals surface area contributed by atoms with Crippen LogP contribution in [0.1, 0.15) is 5.56 Å². The Hall–Kier alpha value is -2.85. The molecule has 2 amide bonds.